The normalized spacial score (nSPS) is 16.7. The molecule has 0 bridgehead atoms. The Kier molecular flexibility index (Phi) is 7.18. The molecule has 1 amide bonds. The Morgan fingerprint density at radius 2 is 1.82 bits per heavy atom. The fourth-order valence-electron chi connectivity index (χ4n) is 4.71. The van der Waals surface area contributed by atoms with Crippen LogP contribution in [0.4, 0.5) is 0 Å². The summed E-state index contributed by atoms with van der Waals surface area (Å²) in [6.07, 6.45) is 2.66. The maximum atomic E-state index is 12.8. The van der Waals surface area contributed by atoms with Gasteiger partial charge < -0.3 is 5.32 Å². The van der Waals surface area contributed by atoms with Crippen LogP contribution in [-0.4, -0.2) is 50.2 Å². The zero-order valence-corrected chi connectivity index (χ0v) is 20.1. The highest BCUT2D eigenvalue weighted by Crippen LogP contribution is 2.19. The quantitative estimate of drug-likeness (QED) is 0.601. The highest BCUT2D eigenvalue weighted by molar-refractivity contribution is 5.79. The van der Waals surface area contributed by atoms with E-state index in [2.05, 4.69) is 55.6 Å². The molecule has 174 valence electrons. The number of nitrogens with one attached hydrogen (secondary N) is 1. The van der Waals surface area contributed by atoms with Crippen molar-refractivity contribution >= 4 is 5.91 Å². The van der Waals surface area contributed by atoms with Gasteiger partial charge in [0.05, 0.1) is 12.1 Å². The number of likely N-dealkylation sites (tertiary alicyclic amines) is 1. The Labute approximate surface area is 196 Å². The van der Waals surface area contributed by atoms with E-state index in [1.54, 1.807) is 4.68 Å². The number of carbonyl (C=O) groups excluding carboxylic acids is 1. The van der Waals surface area contributed by atoms with Crippen LogP contribution < -0.4 is 5.32 Å². The largest absolute Gasteiger partial charge is 0.355 e. The van der Waals surface area contributed by atoms with Gasteiger partial charge in [-0.1, -0.05) is 30.3 Å². The number of carbonyl (C=O) groups is 1. The van der Waals surface area contributed by atoms with Crippen LogP contribution in [-0.2, 0) is 17.8 Å². The molecule has 0 aliphatic carbocycles. The van der Waals surface area contributed by atoms with E-state index >= 15 is 0 Å². The lowest BCUT2D eigenvalue weighted by Gasteiger charge is -2.32. The molecule has 1 fully saturated rings. The zero-order chi connectivity index (χ0) is 23.4. The third kappa shape index (κ3) is 5.85. The van der Waals surface area contributed by atoms with Gasteiger partial charge in [0.1, 0.15) is 0 Å². The summed E-state index contributed by atoms with van der Waals surface area (Å²) in [5.41, 5.74) is 5.86. The van der Waals surface area contributed by atoms with Crippen LogP contribution in [0.2, 0.25) is 0 Å². The first kappa shape index (κ1) is 23.1. The Hall–Kier alpha value is -3.06. The van der Waals surface area contributed by atoms with E-state index in [0.717, 1.165) is 60.9 Å². The Morgan fingerprint density at radius 3 is 2.55 bits per heavy atom. The summed E-state index contributed by atoms with van der Waals surface area (Å²) in [7, 11) is 0. The minimum atomic E-state index is 0.0438. The third-order valence-electron chi connectivity index (χ3n) is 6.38. The van der Waals surface area contributed by atoms with Gasteiger partial charge in [0, 0.05) is 42.3 Å². The highest BCUT2D eigenvalue weighted by atomic mass is 16.1. The average molecular weight is 447 g/mol. The fourth-order valence-corrected chi connectivity index (χ4v) is 4.71. The molecule has 3 aromatic rings. The minimum Gasteiger partial charge on any atom is -0.355 e. The second kappa shape index (κ2) is 10.3. The number of rotatable bonds is 7. The molecule has 0 radical (unpaired) electrons. The minimum absolute atomic E-state index is 0.0438. The lowest BCUT2D eigenvalue weighted by Crippen LogP contribution is -2.40. The average Bonchev–Trinajstić information content (AvgIpc) is 3.06. The number of piperidine rings is 1. The van der Waals surface area contributed by atoms with Crippen LogP contribution in [0.3, 0.4) is 0 Å². The number of aryl methyl sites for hydroxylation is 3. The maximum absolute atomic E-state index is 12.8. The van der Waals surface area contributed by atoms with E-state index < -0.39 is 0 Å². The van der Waals surface area contributed by atoms with Gasteiger partial charge in [0.25, 0.3) is 5.95 Å². The number of aromatic nitrogens is 4. The van der Waals surface area contributed by atoms with E-state index in [1.807, 2.05) is 33.8 Å². The number of hydrogen-bond acceptors (Lipinski definition) is 5. The van der Waals surface area contributed by atoms with Crippen LogP contribution in [0.1, 0.15) is 46.7 Å². The van der Waals surface area contributed by atoms with Crippen molar-refractivity contribution in [3.05, 3.63) is 70.3 Å². The summed E-state index contributed by atoms with van der Waals surface area (Å²) < 4.78 is 1.75. The van der Waals surface area contributed by atoms with Crippen molar-refractivity contribution in [2.24, 2.45) is 5.92 Å². The van der Waals surface area contributed by atoms with Crippen LogP contribution in [0.15, 0.2) is 36.4 Å². The molecule has 7 nitrogen and oxygen atoms in total. The predicted octanol–water partition coefficient (Wildman–Crippen LogP) is 3.47. The molecule has 7 heteroatoms. The molecular formula is C26H34N6O. The Morgan fingerprint density at radius 1 is 1.09 bits per heavy atom. The van der Waals surface area contributed by atoms with Crippen LogP contribution in [0, 0.1) is 33.6 Å². The zero-order valence-electron chi connectivity index (χ0n) is 20.1. The molecule has 0 spiro atoms. The molecule has 1 aromatic carbocycles. The number of benzene rings is 1. The molecule has 1 atom stereocenters. The molecule has 1 saturated heterocycles. The molecule has 1 aliphatic heterocycles. The van der Waals surface area contributed by atoms with Gasteiger partial charge in [0.15, 0.2) is 0 Å². The molecule has 3 heterocycles. The van der Waals surface area contributed by atoms with E-state index in [0.29, 0.717) is 18.3 Å². The van der Waals surface area contributed by atoms with Gasteiger partial charge in [0.2, 0.25) is 5.91 Å². The van der Waals surface area contributed by atoms with E-state index in [-0.39, 0.29) is 5.91 Å². The summed E-state index contributed by atoms with van der Waals surface area (Å²) >= 11 is 0. The summed E-state index contributed by atoms with van der Waals surface area (Å²) in [5.74, 6) is 1.09. The summed E-state index contributed by atoms with van der Waals surface area (Å²) in [6.45, 7) is 11.7. The number of hydrogen-bond donors (Lipinski definition) is 1. The molecule has 33 heavy (non-hydrogen) atoms. The molecule has 0 saturated carbocycles. The van der Waals surface area contributed by atoms with E-state index in [4.69, 9.17) is 0 Å². The Balaban J connectivity index is 1.34. The lowest BCUT2D eigenvalue weighted by atomic mass is 9.97. The molecule has 2 aromatic heterocycles. The van der Waals surface area contributed by atoms with E-state index in [9.17, 15) is 4.79 Å². The molecule has 1 aliphatic rings. The monoisotopic (exact) mass is 446 g/mol. The summed E-state index contributed by atoms with van der Waals surface area (Å²) in [5, 5.41) is 7.79. The second-order valence-corrected chi connectivity index (χ2v) is 9.22. The smallest absolute Gasteiger partial charge is 0.251 e. The van der Waals surface area contributed by atoms with Crippen molar-refractivity contribution in [3.63, 3.8) is 0 Å². The van der Waals surface area contributed by atoms with Gasteiger partial charge >= 0.3 is 0 Å². The van der Waals surface area contributed by atoms with Gasteiger partial charge in [-0.25, -0.2) is 14.6 Å². The van der Waals surface area contributed by atoms with Crippen molar-refractivity contribution in [1.82, 2.24) is 30.0 Å². The number of amides is 1. The van der Waals surface area contributed by atoms with Crippen molar-refractivity contribution < 1.29 is 4.79 Å². The van der Waals surface area contributed by atoms with Gasteiger partial charge in [-0.05, 0) is 64.6 Å². The molecule has 1 N–H and O–H groups in total. The predicted molar refractivity (Wildman–Crippen MR) is 129 cm³/mol. The van der Waals surface area contributed by atoms with Gasteiger partial charge in [-0.3, -0.25) is 9.69 Å². The SMILES string of the molecule is Cc1cc(C)nc(-n2nc(C)c(CC(=O)NCC3CCCN(Cc4ccccc4)C3)c2C)n1. The van der Waals surface area contributed by atoms with Gasteiger partial charge in [-0.2, -0.15) is 5.10 Å². The maximum Gasteiger partial charge on any atom is 0.251 e. The van der Waals surface area contributed by atoms with Gasteiger partial charge in [-0.15, -0.1) is 0 Å². The second-order valence-electron chi connectivity index (χ2n) is 9.22. The lowest BCUT2D eigenvalue weighted by molar-refractivity contribution is -0.120. The Bertz CT molecular complexity index is 1090. The van der Waals surface area contributed by atoms with Crippen molar-refractivity contribution in [2.45, 2.75) is 53.5 Å². The first-order chi connectivity index (χ1) is 15.9. The van der Waals surface area contributed by atoms with Crippen LogP contribution >= 0.6 is 0 Å². The molecule has 1 unspecified atom stereocenters. The standard InChI is InChI=1S/C26H34N6O/c1-18-13-19(2)29-26(28-18)32-21(4)24(20(3)30-32)14-25(33)27-15-23-11-8-12-31(17-23)16-22-9-6-5-7-10-22/h5-7,9-10,13,23H,8,11-12,14-17H2,1-4H3,(H,27,33). The highest BCUT2D eigenvalue weighted by Gasteiger charge is 2.22. The van der Waals surface area contributed by atoms with Crippen molar-refractivity contribution in [1.29, 1.82) is 0 Å². The van der Waals surface area contributed by atoms with E-state index in [1.165, 1.54) is 12.0 Å². The first-order valence-corrected chi connectivity index (χ1v) is 11.8. The van der Waals surface area contributed by atoms with Crippen LogP contribution in [0.25, 0.3) is 5.95 Å². The first-order valence-electron chi connectivity index (χ1n) is 11.8. The summed E-state index contributed by atoms with van der Waals surface area (Å²) in [6, 6.07) is 12.5. The van der Waals surface area contributed by atoms with Crippen LogP contribution in [0.5, 0.6) is 0 Å². The topological polar surface area (TPSA) is 75.9 Å². The summed E-state index contributed by atoms with van der Waals surface area (Å²) in [4.78, 5) is 24.3. The number of nitrogens with zero attached hydrogens (tertiary/aromatic N) is 5. The fraction of sp³-hybridized carbons (Fsp3) is 0.462. The third-order valence-corrected chi connectivity index (χ3v) is 6.38. The molecular weight excluding hydrogens is 412 g/mol. The van der Waals surface area contributed by atoms with Crippen molar-refractivity contribution in [2.75, 3.05) is 19.6 Å². The van der Waals surface area contributed by atoms with Crippen molar-refractivity contribution in [3.8, 4) is 5.95 Å². The molecule has 4 rings (SSSR count).